The number of aromatic nitrogens is 3. The number of hydrogen-bond acceptors (Lipinski definition) is 5. The molecule has 0 saturated carbocycles. The van der Waals surface area contributed by atoms with Crippen molar-refractivity contribution in [3.8, 4) is 25.3 Å². The SMILES string of the molecule is CC=C1COCC1=CC(=C([C]#[Os])[P+](c1ccccc1)(c1ccccc1)c1ccccc1)c1ccc(-c2ccc(-c3ccc(/C=C/C)s3)c3nn(C)nc23)s1. The summed E-state index contributed by atoms with van der Waals surface area (Å²) in [5.74, 6) is 0. The molecule has 54 heavy (non-hydrogen) atoms. The van der Waals surface area contributed by atoms with Crippen LogP contribution in [0.5, 0.6) is 0 Å². The summed E-state index contributed by atoms with van der Waals surface area (Å²) in [6.07, 6.45) is 8.80. The van der Waals surface area contributed by atoms with E-state index in [9.17, 15) is 0 Å². The topological polar surface area (TPSA) is 39.9 Å². The molecule has 0 unspecified atom stereocenters. The first kappa shape index (κ1) is 36.4. The predicted molar refractivity (Wildman–Crippen MR) is 228 cm³/mol. The van der Waals surface area contributed by atoms with Gasteiger partial charge in [-0.05, 0) is 19.1 Å². The van der Waals surface area contributed by atoms with E-state index in [2.05, 4.69) is 170 Å². The minimum absolute atomic E-state index is 0.578. The van der Waals surface area contributed by atoms with E-state index in [0.29, 0.717) is 13.2 Å². The summed E-state index contributed by atoms with van der Waals surface area (Å²) in [4.78, 5) is 6.43. The van der Waals surface area contributed by atoms with Crippen molar-refractivity contribution in [2.75, 3.05) is 13.2 Å². The van der Waals surface area contributed by atoms with E-state index in [1.54, 1.807) is 27.5 Å². The van der Waals surface area contributed by atoms with Crippen LogP contribution in [0.15, 0.2) is 162 Å². The standard InChI is InChI=1S/C46H38N3OPS2.Os/c1-5-16-38-23-26-42(52-38)39-24-25-40(46-45(39)47-49(4)48-46)43-27-28-44(53-43)41(29-34-31-50-30-33(34)6-2)32(3)51(35-17-10-7-11-18-35,36-19-12-8-13-20-36)37-21-14-9-15-22-37;/h5-29H,30-31H2,1-2,4H3;/q+1;/b16-5+,33-6?,34-29?,41-32?;. The van der Waals surface area contributed by atoms with Gasteiger partial charge in [-0.3, -0.25) is 0 Å². The normalized spacial score (nSPS) is 15.4. The number of benzene rings is 4. The molecular formula is C46H38N3OOsPS2+. The molecule has 0 atom stereocenters. The second-order valence-corrected chi connectivity index (χ2v) is 19.1. The van der Waals surface area contributed by atoms with Crippen molar-refractivity contribution in [2.45, 2.75) is 13.8 Å². The molecule has 0 radical (unpaired) electrons. The van der Waals surface area contributed by atoms with E-state index < -0.39 is 7.26 Å². The Morgan fingerprint density at radius 3 is 1.78 bits per heavy atom. The fraction of sp³-hybridized carbons (Fsp3) is 0.109. The van der Waals surface area contributed by atoms with Crippen molar-refractivity contribution < 1.29 is 22.7 Å². The molecule has 1 aliphatic rings. The second kappa shape index (κ2) is 16.0. The third kappa shape index (κ3) is 6.72. The molecule has 1 fully saturated rings. The molecule has 1 aliphatic heterocycles. The zero-order valence-corrected chi connectivity index (χ0v) is 35.3. The van der Waals surface area contributed by atoms with Gasteiger partial charge in [0.2, 0.25) is 0 Å². The van der Waals surface area contributed by atoms with Crippen molar-refractivity contribution in [1.29, 1.82) is 0 Å². The van der Waals surface area contributed by atoms with Gasteiger partial charge in [0.25, 0.3) is 0 Å². The molecular weight excluding hydrogens is 896 g/mol. The average molecular weight is 934 g/mol. The van der Waals surface area contributed by atoms with Gasteiger partial charge in [-0.25, -0.2) is 0 Å². The first-order chi connectivity index (χ1) is 26.5. The van der Waals surface area contributed by atoms with Gasteiger partial charge in [0.05, 0.1) is 0 Å². The molecule has 4 aromatic carbocycles. The maximum absolute atomic E-state index is 6.05. The average Bonchev–Trinajstić information content (AvgIpc) is 4.05. The van der Waals surface area contributed by atoms with Gasteiger partial charge in [0.1, 0.15) is 0 Å². The summed E-state index contributed by atoms with van der Waals surface area (Å²) < 4.78 is 9.94. The van der Waals surface area contributed by atoms with E-state index in [0.717, 1.165) is 27.0 Å². The van der Waals surface area contributed by atoms with Crippen LogP contribution >= 0.6 is 29.9 Å². The van der Waals surface area contributed by atoms with E-state index in [1.807, 2.05) is 25.0 Å². The summed E-state index contributed by atoms with van der Waals surface area (Å²) >= 11 is 5.39. The molecule has 7 aromatic rings. The Hall–Kier alpha value is -4.55. The van der Waals surface area contributed by atoms with Gasteiger partial charge in [-0.15, -0.1) is 0 Å². The third-order valence-corrected chi connectivity index (χ3v) is 17.3. The third-order valence-electron chi connectivity index (χ3n) is 9.70. The van der Waals surface area contributed by atoms with Gasteiger partial charge in [-0.2, -0.15) is 0 Å². The molecule has 3 aromatic heterocycles. The number of aryl methyl sites for hydroxylation is 1. The van der Waals surface area contributed by atoms with Gasteiger partial charge >= 0.3 is 307 Å². The zero-order valence-electron chi connectivity index (χ0n) is 30.2. The molecule has 0 bridgehead atoms. The zero-order chi connectivity index (χ0) is 37.1. The van der Waals surface area contributed by atoms with Crippen LogP contribution < -0.4 is 15.9 Å². The molecule has 4 heterocycles. The Morgan fingerprint density at radius 1 is 0.704 bits per heavy atom. The summed E-state index contributed by atoms with van der Waals surface area (Å²) in [6.45, 7) is 5.35. The van der Waals surface area contributed by atoms with Crippen LogP contribution in [0.1, 0.15) is 23.6 Å². The molecule has 8 heteroatoms. The number of fused-ring (bicyclic) bond motifs is 1. The Labute approximate surface area is 335 Å². The van der Waals surface area contributed by atoms with Crippen LogP contribution in [0.2, 0.25) is 0 Å². The monoisotopic (exact) mass is 935 g/mol. The number of allylic oxidation sites excluding steroid dienone is 5. The fourth-order valence-electron chi connectivity index (χ4n) is 7.24. The summed E-state index contributed by atoms with van der Waals surface area (Å²) in [7, 11) is -0.559. The molecule has 0 aliphatic carbocycles. The van der Waals surface area contributed by atoms with E-state index >= 15 is 0 Å². The first-order valence-electron chi connectivity index (χ1n) is 17.8. The molecule has 0 spiro atoms. The fourth-order valence-corrected chi connectivity index (χ4v) is 15.2. The molecule has 0 amide bonds. The quantitative estimate of drug-likeness (QED) is 0.135. The number of thiophene rings is 2. The van der Waals surface area contributed by atoms with E-state index in [1.165, 1.54) is 52.6 Å². The van der Waals surface area contributed by atoms with Crippen molar-refractivity contribution in [3.63, 3.8) is 0 Å². The van der Waals surface area contributed by atoms with Crippen molar-refractivity contribution in [2.24, 2.45) is 7.05 Å². The number of ether oxygens (including phenoxy) is 1. The van der Waals surface area contributed by atoms with Crippen LogP contribution in [0.3, 0.4) is 0 Å². The summed E-state index contributed by atoms with van der Waals surface area (Å²) in [5, 5.41) is 14.9. The molecule has 267 valence electrons. The van der Waals surface area contributed by atoms with Crippen molar-refractivity contribution in [1.82, 2.24) is 15.0 Å². The molecule has 4 nitrogen and oxygen atoms in total. The maximum atomic E-state index is 6.05. The Morgan fingerprint density at radius 2 is 1.24 bits per heavy atom. The van der Waals surface area contributed by atoms with Gasteiger partial charge in [0.15, 0.2) is 0 Å². The molecule has 1 saturated heterocycles. The van der Waals surface area contributed by atoms with E-state index in [4.69, 9.17) is 14.9 Å². The summed E-state index contributed by atoms with van der Waals surface area (Å²) in [5.41, 5.74) is 7.62. The summed E-state index contributed by atoms with van der Waals surface area (Å²) in [6, 6.07) is 46.5. The minimum atomic E-state index is -2.46. The Kier molecular flexibility index (Phi) is 10.8. The predicted octanol–water partition coefficient (Wildman–Crippen LogP) is 10.6. The van der Waals surface area contributed by atoms with Crippen LogP contribution in [-0.2, 0) is 29.7 Å². The van der Waals surface area contributed by atoms with Crippen molar-refractivity contribution >= 4 is 68.5 Å². The van der Waals surface area contributed by atoms with Gasteiger partial charge in [0, 0.05) is 4.88 Å². The number of nitrogens with zero attached hydrogens (tertiary/aromatic N) is 3. The van der Waals surface area contributed by atoms with Crippen LogP contribution in [0.4, 0.5) is 0 Å². The number of hydrogen-bond donors (Lipinski definition) is 0. The van der Waals surface area contributed by atoms with Gasteiger partial charge in [-0.1, -0.05) is 6.08 Å². The Bertz CT molecular complexity index is 2530. The second-order valence-electron chi connectivity index (χ2n) is 12.9. The van der Waals surface area contributed by atoms with Crippen LogP contribution in [-0.4, -0.2) is 28.2 Å². The van der Waals surface area contributed by atoms with Crippen molar-refractivity contribution in [3.05, 3.63) is 172 Å². The first-order valence-corrected chi connectivity index (χ1v) is 22.5. The molecule has 0 N–H and O–H groups in total. The Balaban J connectivity index is 1.39. The number of rotatable bonds is 9. The van der Waals surface area contributed by atoms with Gasteiger partial charge < -0.3 is 0 Å². The van der Waals surface area contributed by atoms with E-state index in [-0.39, 0.29) is 0 Å². The van der Waals surface area contributed by atoms with Crippen LogP contribution in [0, 0.1) is 4.37 Å². The molecule has 8 rings (SSSR count). The van der Waals surface area contributed by atoms with Crippen LogP contribution in [0.25, 0.3) is 43.6 Å².